The summed E-state index contributed by atoms with van der Waals surface area (Å²) in [5.41, 5.74) is 0.963. The van der Waals surface area contributed by atoms with E-state index in [0.29, 0.717) is 34.6 Å². The van der Waals surface area contributed by atoms with Crippen molar-refractivity contribution in [1.82, 2.24) is 14.9 Å². The van der Waals surface area contributed by atoms with Gasteiger partial charge in [-0.3, -0.25) is 9.59 Å². The third-order valence-electron chi connectivity index (χ3n) is 4.42. The van der Waals surface area contributed by atoms with E-state index in [4.69, 9.17) is 4.74 Å². The Labute approximate surface area is 164 Å². The van der Waals surface area contributed by atoms with Gasteiger partial charge >= 0.3 is 0 Å². The van der Waals surface area contributed by atoms with Crippen molar-refractivity contribution in [2.45, 2.75) is 39.8 Å². The van der Waals surface area contributed by atoms with E-state index in [1.807, 2.05) is 39.0 Å². The van der Waals surface area contributed by atoms with Gasteiger partial charge in [0.1, 0.15) is 11.6 Å². The van der Waals surface area contributed by atoms with Crippen LogP contribution in [0.5, 0.6) is 5.75 Å². The van der Waals surface area contributed by atoms with Crippen LogP contribution >= 0.6 is 0 Å². The van der Waals surface area contributed by atoms with Gasteiger partial charge in [-0.25, -0.2) is 4.98 Å². The maximum atomic E-state index is 13.1. The number of hydrogen-bond acceptors (Lipinski definition) is 4. The molecule has 0 bridgehead atoms. The molecule has 6 nitrogen and oxygen atoms in total. The quantitative estimate of drug-likeness (QED) is 0.678. The molecule has 0 saturated carbocycles. The van der Waals surface area contributed by atoms with E-state index in [1.54, 1.807) is 35.2 Å². The van der Waals surface area contributed by atoms with Crippen LogP contribution in [-0.2, 0) is 6.54 Å². The molecule has 0 radical (unpaired) electrons. The Bertz CT molecular complexity index is 1030. The Morgan fingerprint density at radius 2 is 1.96 bits per heavy atom. The summed E-state index contributed by atoms with van der Waals surface area (Å²) in [7, 11) is 0. The molecule has 0 atom stereocenters. The van der Waals surface area contributed by atoms with E-state index < -0.39 is 0 Å². The van der Waals surface area contributed by atoms with Crippen LogP contribution in [0.25, 0.3) is 10.9 Å². The molecule has 146 valence electrons. The highest BCUT2D eigenvalue weighted by Crippen LogP contribution is 2.18. The Kier molecular flexibility index (Phi) is 6.09. The zero-order valence-electron chi connectivity index (χ0n) is 16.4. The Morgan fingerprint density at radius 3 is 2.71 bits per heavy atom. The van der Waals surface area contributed by atoms with Gasteiger partial charge in [0.2, 0.25) is 0 Å². The summed E-state index contributed by atoms with van der Waals surface area (Å²) < 4.78 is 5.64. The second-order valence-electron chi connectivity index (χ2n) is 6.93. The van der Waals surface area contributed by atoms with Crippen LogP contribution in [0.1, 0.15) is 43.4 Å². The molecule has 0 spiro atoms. The fourth-order valence-electron chi connectivity index (χ4n) is 2.96. The number of H-pyrrole nitrogens is 1. The number of amides is 1. The molecule has 0 aliphatic rings. The van der Waals surface area contributed by atoms with Crippen LogP contribution in [0.2, 0.25) is 0 Å². The van der Waals surface area contributed by atoms with Crippen molar-refractivity contribution in [2.75, 3.05) is 6.61 Å². The molecule has 3 rings (SSSR count). The first kappa shape index (κ1) is 19.6. The highest BCUT2D eigenvalue weighted by molar-refractivity contribution is 5.94. The normalized spacial score (nSPS) is 11.0. The van der Waals surface area contributed by atoms with Gasteiger partial charge in [-0.1, -0.05) is 25.1 Å². The molecule has 1 heterocycles. The molecule has 1 amide bonds. The number of fused-ring (bicyclic) bond motifs is 1. The van der Waals surface area contributed by atoms with E-state index in [2.05, 4.69) is 9.97 Å². The molecule has 1 aromatic heterocycles. The maximum Gasteiger partial charge on any atom is 0.258 e. The molecular weight excluding hydrogens is 354 g/mol. The van der Waals surface area contributed by atoms with Crippen molar-refractivity contribution in [3.8, 4) is 5.75 Å². The van der Waals surface area contributed by atoms with E-state index in [1.165, 1.54) is 0 Å². The van der Waals surface area contributed by atoms with Gasteiger partial charge in [-0.2, -0.15) is 0 Å². The van der Waals surface area contributed by atoms with Crippen molar-refractivity contribution in [1.29, 1.82) is 0 Å². The largest absolute Gasteiger partial charge is 0.494 e. The molecule has 28 heavy (non-hydrogen) atoms. The average molecular weight is 379 g/mol. The van der Waals surface area contributed by atoms with Crippen molar-refractivity contribution >= 4 is 16.8 Å². The summed E-state index contributed by atoms with van der Waals surface area (Å²) >= 11 is 0. The number of nitrogens with one attached hydrogen (secondary N) is 1. The number of nitrogens with zero attached hydrogens (tertiary/aromatic N) is 2. The lowest BCUT2D eigenvalue weighted by atomic mass is 10.1. The van der Waals surface area contributed by atoms with Gasteiger partial charge in [0.15, 0.2) is 0 Å². The van der Waals surface area contributed by atoms with Gasteiger partial charge in [-0.15, -0.1) is 0 Å². The molecular formula is C22H25N3O3. The number of benzene rings is 2. The van der Waals surface area contributed by atoms with Gasteiger partial charge in [0.25, 0.3) is 11.5 Å². The topological polar surface area (TPSA) is 75.3 Å². The number of aromatic amines is 1. The smallest absolute Gasteiger partial charge is 0.258 e. The standard InChI is InChI=1S/C22H25N3O3/c1-4-12-28-17-9-7-8-16(13-17)22(27)25(15(2)3)14-20-23-19-11-6-5-10-18(19)21(26)24-20/h5-11,13,15H,4,12,14H2,1-3H3,(H,23,24,26). The second kappa shape index (κ2) is 8.69. The minimum absolute atomic E-state index is 0.0653. The highest BCUT2D eigenvalue weighted by atomic mass is 16.5. The lowest BCUT2D eigenvalue weighted by Gasteiger charge is -2.26. The van der Waals surface area contributed by atoms with Gasteiger partial charge in [-0.05, 0) is 50.6 Å². The summed E-state index contributed by atoms with van der Waals surface area (Å²) in [5, 5.41) is 0.537. The summed E-state index contributed by atoms with van der Waals surface area (Å²) in [4.78, 5) is 34.4. The molecule has 0 fully saturated rings. The number of ether oxygens (including phenoxy) is 1. The minimum Gasteiger partial charge on any atom is -0.494 e. The monoisotopic (exact) mass is 379 g/mol. The zero-order chi connectivity index (χ0) is 20.1. The molecule has 0 aliphatic carbocycles. The summed E-state index contributed by atoms with van der Waals surface area (Å²) in [6.45, 7) is 6.74. The van der Waals surface area contributed by atoms with E-state index in [0.717, 1.165) is 6.42 Å². The van der Waals surface area contributed by atoms with Crippen molar-refractivity contribution in [3.05, 3.63) is 70.3 Å². The lowest BCUT2D eigenvalue weighted by Crippen LogP contribution is -2.37. The van der Waals surface area contributed by atoms with Crippen LogP contribution in [0.4, 0.5) is 0 Å². The van der Waals surface area contributed by atoms with Crippen LogP contribution in [-0.4, -0.2) is 33.4 Å². The second-order valence-corrected chi connectivity index (χ2v) is 6.93. The third-order valence-corrected chi connectivity index (χ3v) is 4.42. The maximum absolute atomic E-state index is 13.1. The molecule has 1 N–H and O–H groups in total. The van der Waals surface area contributed by atoms with Crippen LogP contribution in [0.3, 0.4) is 0 Å². The Morgan fingerprint density at radius 1 is 1.18 bits per heavy atom. The molecule has 0 saturated heterocycles. The zero-order valence-corrected chi connectivity index (χ0v) is 16.4. The van der Waals surface area contributed by atoms with Crippen LogP contribution in [0, 0.1) is 0 Å². The molecule has 3 aromatic rings. The van der Waals surface area contributed by atoms with Crippen molar-refractivity contribution in [3.63, 3.8) is 0 Å². The SMILES string of the molecule is CCCOc1cccc(C(=O)N(Cc2nc3ccccc3c(=O)[nH]2)C(C)C)c1. The molecule has 2 aromatic carbocycles. The predicted molar refractivity (Wildman–Crippen MR) is 110 cm³/mol. The van der Waals surface area contributed by atoms with Crippen molar-refractivity contribution in [2.24, 2.45) is 0 Å². The molecule has 0 unspecified atom stereocenters. The summed E-state index contributed by atoms with van der Waals surface area (Å²) in [5.74, 6) is 1.01. The predicted octanol–water partition coefficient (Wildman–Crippen LogP) is 3.76. The highest BCUT2D eigenvalue weighted by Gasteiger charge is 2.21. The van der Waals surface area contributed by atoms with Crippen LogP contribution < -0.4 is 10.3 Å². The number of para-hydroxylation sites is 1. The first-order valence-corrected chi connectivity index (χ1v) is 9.51. The van der Waals surface area contributed by atoms with E-state index in [9.17, 15) is 9.59 Å². The van der Waals surface area contributed by atoms with E-state index >= 15 is 0 Å². The van der Waals surface area contributed by atoms with Gasteiger partial charge < -0.3 is 14.6 Å². The lowest BCUT2D eigenvalue weighted by molar-refractivity contribution is 0.0684. The first-order chi connectivity index (χ1) is 13.5. The number of rotatable bonds is 7. The number of hydrogen-bond donors (Lipinski definition) is 1. The number of carbonyl (C=O) groups is 1. The van der Waals surface area contributed by atoms with Crippen LogP contribution in [0.15, 0.2) is 53.3 Å². The summed E-state index contributed by atoms with van der Waals surface area (Å²) in [6.07, 6.45) is 0.900. The fraction of sp³-hybridized carbons (Fsp3) is 0.318. The fourth-order valence-corrected chi connectivity index (χ4v) is 2.96. The Hall–Kier alpha value is -3.15. The van der Waals surface area contributed by atoms with Crippen molar-refractivity contribution < 1.29 is 9.53 Å². The summed E-state index contributed by atoms with van der Waals surface area (Å²) in [6, 6.07) is 14.3. The number of carbonyl (C=O) groups excluding carboxylic acids is 1. The molecule has 6 heteroatoms. The average Bonchev–Trinajstić information content (AvgIpc) is 2.70. The van der Waals surface area contributed by atoms with Gasteiger partial charge in [0, 0.05) is 11.6 Å². The molecule has 0 aliphatic heterocycles. The van der Waals surface area contributed by atoms with E-state index in [-0.39, 0.29) is 24.1 Å². The minimum atomic E-state index is -0.202. The Balaban J connectivity index is 1.88. The van der Waals surface area contributed by atoms with Gasteiger partial charge in [0.05, 0.1) is 24.1 Å². The first-order valence-electron chi connectivity index (χ1n) is 9.51. The third kappa shape index (κ3) is 4.39. The number of aromatic nitrogens is 2.